The Hall–Kier alpha value is -3.50. The Morgan fingerprint density at radius 2 is 2.09 bits per heavy atom. The van der Waals surface area contributed by atoms with Gasteiger partial charge in [0.1, 0.15) is 18.0 Å². The van der Waals surface area contributed by atoms with Gasteiger partial charge in [-0.3, -0.25) is 0 Å². The largest absolute Gasteiger partial charge is 0.486 e. The van der Waals surface area contributed by atoms with E-state index >= 15 is 0 Å². The molecule has 0 unspecified atom stereocenters. The van der Waals surface area contributed by atoms with Gasteiger partial charge in [0.25, 0.3) is 0 Å². The molecule has 0 bridgehead atoms. The normalized spacial score (nSPS) is 16.4. The molecule has 5 heterocycles. The van der Waals surface area contributed by atoms with Crippen LogP contribution in [0.2, 0.25) is 0 Å². The van der Waals surface area contributed by atoms with Crippen LogP contribution in [0.5, 0.6) is 5.75 Å². The molecule has 2 aliphatic rings. The van der Waals surface area contributed by atoms with Crippen molar-refractivity contribution >= 4 is 27.9 Å². The molecule has 0 atom stereocenters. The van der Waals surface area contributed by atoms with Crippen molar-refractivity contribution in [3.63, 3.8) is 0 Å². The Morgan fingerprint density at radius 3 is 2.97 bits per heavy atom. The van der Waals surface area contributed by atoms with E-state index in [1.807, 2.05) is 12.3 Å². The number of nitrogens with zero attached hydrogens (tertiary/aromatic N) is 6. The van der Waals surface area contributed by atoms with Gasteiger partial charge >= 0.3 is 0 Å². The van der Waals surface area contributed by atoms with Gasteiger partial charge in [-0.25, -0.2) is 4.98 Å². The van der Waals surface area contributed by atoms with Gasteiger partial charge in [-0.2, -0.15) is 9.61 Å². The average Bonchev–Trinajstić information content (AvgIpc) is 3.35. The summed E-state index contributed by atoms with van der Waals surface area (Å²) in [7, 11) is 1.71. The van der Waals surface area contributed by atoms with E-state index in [0.29, 0.717) is 36.4 Å². The second kappa shape index (κ2) is 9.63. The van der Waals surface area contributed by atoms with Gasteiger partial charge in [-0.15, -0.1) is 10.2 Å². The second-order valence-corrected chi connectivity index (χ2v) is 9.09. The van der Waals surface area contributed by atoms with Gasteiger partial charge in [0.15, 0.2) is 5.75 Å². The predicted octanol–water partition coefficient (Wildman–Crippen LogP) is 2.60. The summed E-state index contributed by atoms with van der Waals surface area (Å²) in [5.41, 5.74) is 4.20. The van der Waals surface area contributed by atoms with Gasteiger partial charge in [-0.05, 0) is 44.0 Å². The first-order valence-electron chi connectivity index (χ1n) is 12.3. The Balaban J connectivity index is 1.33. The van der Waals surface area contributed by atoms with Gasteiger partial charge in [0.2, 0.25) is 11.5 Å². The van der Waals surface area contributed by atoms with Crippen LogP contribution in [-0.4, -0.2) is 77.8 Å². The smallest absolute Gasteiger partial charge is 0.222 e. The van der Waals surface area contributed by atoms with Crippen LogP contribution in [0.25, 0.3) is 28.1 Å². The molecular formula is C25H30N8O2. The van der Waals surface area contributed by atoms with Crippen molar-refractivity contribution in [2.24, 2.45) is 5.92 Å². The van der Waals surface area contributed by atoms with Crippen LogP contribution in [0.3, 0.4) is 0 Å². The molecule has 10 heteroatoms. The van der Waals surface area contributed by atoms with E-state index in [9.17, 15) is 0 Å². The number of piperidine rings is 1. The summed E-state index contributed by atoms with van der Waals surface area (Å²) < 4.78 is 13.0. The maximum atomic E-state index is 5.99. The zero-order valence-corrected chi connectivity index (χ0v) is 19.9. The number of rotatable bonds is 7. The van der Waals surface area contributed by atoms with Crippen molar-refractivity contribution < 1.29 is 9.47 Å². The topological polar surface area (TPSA) is 102 Å². The fourth-order valence-corrected chi connectivity index (χ4v) is 4.91. The molecule has 6 rings (SSSR count). The molecule has 2 N–H and O–H groups in total. The minimum atomic E-state index is 0.582. The third-order valence-corrected chi connectivity index (χ3v) is 6.87. The molecule has 0 radical (unpaired) electrons. The zero-order valence-electron chi connectivity index (χ0n) is 19.9. The van der Waals surface area contributed by atoms with Crippen molar-refractivity contribution in [1.29, 1.82) is 0 Å². The number of pyridine rings is 1. The first-order valence-corrected chi connectivity index (χ1v) is 12.3. The molecule has 35 heavy (non-hydrogen) atoms. The third kappa shape index (κ3) is 4.23. The van der Waals surface area contributed by atoms with E-state index in [1.165, 1.54) is 12.8 Å². The van der Waals surface area contributed by atoms with Crippen LogP contribution in [-0.2, 0) is 4.74 Å². The lowest BCUT2D eigenvalue weighted by Crippen LogP contribution is -2.35. The Bertz CT molecular complexity index is 1330. The lowest BCUT2D eigenvalue weighted by atomic mass is 9.98. The molecule has 1 aromatic carbocycles. The number of benzene rings is 1. The van der Waals surface area contributed by atoms with Crippen molar-refractivity contribution in [1.82, 2.24) is 30.1 Å². The lowest BCUT2D eigenvalue weighted by Gasteiger charge is -2.30. The zero-order chi connectivity index (χ0) is 23.6. The summed E-state index contributed by atoms with van der Waals surface area (Å²) >= 11 is 0. The number of aromatic nitrogens is 5. The van der Waals surface area contributed by atoms with Crippen molar-refractivity contribution in [3.8, 4) is 17.3 Å². The third-order valence-electron chi connectivity index (χ3n) is 6.87. The van der Waals surface area contributed by atoms with E-state index in [2.05, 4.69) is 55.1 Å². The summed E-state index contributed by atoms with van der Waals surface area (Å²) in [6.07, 6.45) is 4.21. The molecule has 0 aliphatic carbocycles. The summed E-state index contributed by atoms with van der Waals surface area (Å²) in [5, 5.41) is 21.7. The number of nitrogens with one attached hydrogen (secondary N) is 2. The molecule has 1 fully saturated rings. The predicted molar refractivity (Wildman–Crippen MR) is 135 cm³/mol. The second-order valence-electron chi connectivity index (χ2n) is 9.09. The summed E-state index contributed by atoms with van der Waals surface area (Å²) in [5.74, 6) is 1.97. The van der Waals surface area contributed by atoms with E-state index < -0.39 is 0 Å². The summed E-state index contributed by atoms with van der Waals surface area (Å²) in [6.45, 7) is 5.91. The van der Waals surface area contributed by atoms with E-state index in [0.717, 1.165) is 60.7 Å². The monoisotopic (exact) mass is 474 g/mol. The maximum absolute atomic E-state index is 5.99. The lowest BCUT2D eigenvalue weighted by molar-refractivity contribution is 0.201. The molecular weight excluding hydrogens is 444 g/mol. The number of anilines is 2. The summed E-state index contributed by atoms with van der Waals surface area (Å²) in [6, 6.07) is 10.3. The average molecular weight is 475 g/mol. The molecule has 10 nitrogen and oxygen atoms in total. The Morgan fingerprint density at radius 1 is 1.17 bits per heavy atom. The molecule has 4 aromatic rings. The number of fused-ring (bicyclic) bond motifs is 4. The van der Waals surface area contributed by atoms with Crippen LogP contribution in [0.1, 0.15) is 12.8 Å². The van der Waals surface area contributed by atoms with Crippen LogP contribution in [0, 0.1) is 5.92 Å². The quantitative estimate of drug-likeness (QED) is 0.418. The van der Waals surface area contributed by atoms with E-state index in [-0.39, 0.29) is 0 Å². The van der Waals surface area contributed by atoms with Crippen molar-refractivity contribution in [3.05, 3.63) is 36.5 Å². The van der Waals surface area contributed by atoms with Crippen LogP contribution in [0.4, 0.5) is 11.4 Å². The first kappa shape index (κ1) is 22.0. The van der Waals surface area contributed by atoms with Crippen LogP contribution < -0.4 is 20.3 Å². The Kier molecular flexibility index (Phi) is 6.05. The number of methoxy groups -OCH3 is 1. The van der Waals surface area contributed by atoms with Crippen LogP contribution >= 0.6 is 0 Å². The highest BCUT2D eigenvalue weighted by Gasteiger charge is 2.25. The first-order chi connectivity index (χ1) is 17.3. The van der Waals surface area contributed by atoms with Crippen LogP contribution in [0.15, 0.2) is 36.5 Å². The highest BCUT2D eigenvalue weighted by atomic mass is 16.5. The van der Waals surface area contributed by atoms with E-state index in [4.69, 9.17) is 14.5 Å². The van der Waals surface area contributed by atoms with Gasteiger partial charge in [-0.1, -0.05) is 18.2 Å². The number of para-hydroxylation sites is 1. The standard InChI is InChI=1S/C25H30N8O2/c1-34-13-11-32-12-14-35-23-21(32)16-28-33-24(30-31-25(23)33)20-6-5-18-3-2-4-19(22(18)29-20)27-15-17-7-9-26-10-8-17/h2-6,16-17,26-27H,7-15H2,1H3. The molecule has 1 saturated heterocycles. The highest BCUT2D eigenvalue weighted by molar-refractivity contribution is 5.91. The molecule has 0 amide bonds. The molecule has 0 saturated carbocycles. The van der Waals surface area contributed by atoms with Crippen molar-refractivity contribution in [2.45, 2.75) is 12.8 Å². The molecule has 2 aliphatic heterocycles. The molecule has 3 aromatic heterocycles. The highest BCUT2D eigenvalue weighted by Crippen LogP contribution is 2.35. The number of hydrogen-bond donors (Lipinski definition) is 2. The van der Waals surface area contributed by atoms with Gasteiger partial charge in [0, 0.05) is 25.6 Å². The maximum Gasteiger partial charge on any atom is 0.222 e. The number of ether oxygens (including phenoxy) is 2. The minimum Gasteiger partial charge on any atom is -0.486 e. The molecule has 0 spiro atoms. The summed E-state index contributed by atoms with van der Waals surface area (Å²) in [4.78, 5) is 7.20. The number of hydrogen-bond acceptors (Lipinski definition) is 9. The molecule has 182 valence electrons. The minimum absolute atomic E-state index is 0.582. The fraction of sp³-hybridized carbons (Fsp3) is 0.440. The van der Waals surface area contributed by atoms with Gasteiger partial charge in [0.05, 0.1) is 30.6 Å². The SMILES string of the molecule is COCCN1CCOc2c1cnn1c(-c3ccc4cccc(NCC5CCNCC5)c4n3)nnc21. The Labute approximate surface area is 203 Å². The van der Waals surface area contributed by atoms with Gasteiger partial charge < -0.3 is 25.0 Å². The van der Waals surface area contributed by atoms with E-state index in [1.54, 1.807) is 11.6 Å². The fourth-order valence-electron chi connectivity index (χ4n) is 4.91. The van der Waals surface area contributed by atoms with Crippen molar-refractivity contribution in [2.75, 3.05) is 63.3 Å².